The molecule has 4 aromatic rings. The van der Waals surface area contributed by atoms with E-state index in [0.717, 1.165) is 33.6 Å². The molecule has 0 unspecified atom stereocenters. The van der Waals surface area contributed by atoms with Gasteiger partial charge in [0.2, 0.25) is 5.95 Å². The monoisotopic (exact) mass is 380 g/mol. The maximum Gasteiger partial charge on any atom is 0.218 e. The predicted octanol–water partition coefficient (Wildman–Crippen LogP) is 5.00. The lowest BCUT2D eigenvalue weighted by molar-refractivity contribution is 0.571. The van der Waals surface area contributed by atoms with Gasteiger partial charge in [0.25, 0.3) is 0 Å². The van der Waals surface area contributed by atoms with E-state index >= 15 is 0 Å². The Balaban J connectivity index is 1.40. The first-order valence-corrected chi connectivity index (χ1v) is 9.11. The molecule has 4 nitrogen and oxygen atoms in total. The number of benzene rings is 1. The molecule has 0 aliphatic carbocycles. The van der Waals surface area contributed by atoms with Crippen molar-refractivity contribution in [3.05, 3.63) is 88.6 Å². The fourth-order valence-corrected chi connectivity index (χ4v) is 3.17. The molecule has 27 heavy (non-hydrogen) atoms. The Labute approximate surface area is 161 Å². The summed E-state index contributed by atoms with van der Waals surface area (Å²) in [6.45, 7) is 0.668. The van der Waals surface area contributed by atoms with E-state index in [1.807, 2.05) is 48.7 Å². The topological polar surface area (TPSA) is 53.6 Å². The number of aromatic nitrogens is 3. The number of hydrogen-bond donors (Lipinski definition) is 2. The average molecular weight is 381 g/mol. The molecule has 0 saturated carbocycles. The van der Waals surface area contributed by atoms with Crippen LogP contribution in [0.2, 0.25) is 5.02 Å². The summed E-state index contributed by atoms with van der Waals surface area (Å²) in [5, 5.41) is 4.89. The molecule has 0 saturated heterocycles. The van der Waals surface area contributed by atoms with E-state index in [1.165, 1.54) is 0 Å². The largest absolute Gasteiger partial charge is 0.370 e. The summed E-state index contributed by atoms with van der Waals surface area (Å²) in [5.74, 6) is 0.0792. The maximum absolute atomic E-state index is 14.4. The first-order valence-electron chi connectivity index (χ1n) is 8.74. The number of rotatable bonds is 6. The molecule has 0 spiro atoms. The van der Waals surface area contributed by atoms with E-state index in [2.05, 4.69) is 20.3 Å². The lowest BCUT2D eigenvalue weighted by atomic mass is 10.1. The van der Waals surface area contributed by atoms with Gasteiger partial charge in [-0.15, -0.1) is 0 Å². The van der Waals surface area contributed by atoms with Crippen molar-refractivity contribution < 1.29 is 4.39 Å². The van der Waals surface area contributed by atoms with Crippen LogP contribution in [0.3, 0.4) is 0 Å². The first kappa shape index (κ1) is 17.5. The highest BCUT2D eigenvalue weighted by Crippen LogP contribution is 2.21. The van der Waals surface area contributed by atoms with Gasteiger partial charge in [-0.25, -0.2) is 9.97 Å². The smallest absolute Gasteiger partial charge is 0.218 e. The summed E-state index contributed by atoms with van der Waals surface area (Å²) < 4.78 is 14.4. The Hall–Kier alpha value is -2.92. The van der Waals surface area contributed by atoms with Crippen LogP contribution in [-0.4, -0.2) is 21.5 Å². The average Bonchev–Trinajstić information content (AvgIpc) is 3.09. The number of pyridine rings is 2. The first-order chi connectivity index (χ1) is 13.2. The molecule has 2 N–H and O–H groups in total. The molecule has 4 rings (SSSR count). The van der Waals surface area contributed by atoms with E-state index in [9.17, 15) is 4.39 Å². The van der Waals surface area contributed by atoms with Crippen molar-refractivity contribution in [3.63, 3.8) is 0 Å². The second-order valence-electron chi connectivity index (χ2n) is 6.34. The molecule has 0 bridgehead atoms. The molecule has 0 amide bonds. The molecule has 1 aromatic carbocycles. The van der Waals surface area contributed by atoms with Crippen LogP contribution in [0, 0.1) is 5.95 Å². The summed E-state index contributed by atoms with van der Waals surface area (Å²) in [4.78, 5) is 11.4. The third kappa shape index (κ3) is 4.09. The van der Waals surface area contributed by atoms with Crippen LogP contribution in [0.25, 0.3) is 11.0 Å². The van der Waals surface area contributed by atoms with Gasteiger partial charge in [0.1, 0.15) is 11.5 Å². The number of H-pyrrole nitrogens is 1. The van der Waals surface area contributed by atoms with Crippen molar-refractivity contribution in [3.8, 4) is 0 Å². The Morgan fingerprint density at radius 1 is 1.04 bits per heavy atom. The highest BCUT2D eigenvalue weighted by Gasteiger charge is 2.10. The maximum atomic E-state index is 14.4. The van der Waals surface area contributed by atoms with Gasteiger partial charge in [-0.2, -0.15) is 4.39 Å². The van der Waals surface area contributed by atoms with Crippen LogP contribution in [0.4, 0.5) is 10.2 Å². The van der Waals surface area contributed by atoms with Crippen molar-refractivity contribution in [2.75, 3.05) is 11.9 Å². The van der Waals surface area contributed by atoms with E-state index in [1.54, 1.807) is 12.3 Å². The molecule has 3 heterocycles. The SMILES string of the molecule is Fc1nc(NCCc2ccc(Cl)cc2)ccc1Cc1c[nH]c2ncccc12. The number of halogens is 2. The quantitative estimate of drug-likeness (QED) is 0.463. The van der Waals surface area contributed by atoms with Crippen molar-refractivity contribution in [2.45, 2.75) is 12.8 Å². The van der Waals surface area contributed by atoms with Crippen LogP contribution in [0.1, 0.15) is 16.7 Å². The standard InChI is InChI=1S/C21H18ClFN4/c22-17-6-3-14(4-7-17)9-11-24-19-8-5-15(20(23)27-19)12-16-13-26-21-18(16)2-1-10-25-21/h1-8,10,13H,9,11-12H2,(H,24,27)(H,25,26). The van der Waals surface area contributed by atoms with Gasteiger partial charge in [0, 0.05) is 41.3 Å². The number of aromatic amines is 1. The van der Waals surface area contributed by atoms with Gasteiger partial charge < -0.3 is 10.3 Å². The van der Waals surface area contributed by atoms with Gasteiger partial charge in [-0.1, -0.05) is 29.8 Å². The lowest BCUT2D eigenvalue weighted by Crippen LogP contribution is -2.08. The molecule has 3 aromatic heterocycles. The number of nitrogens with one attached hydrogen (secondary N) is 2. The van der Waals surface area contributed by atoms with Crippen LogP contribution in [0.5, 0.6) is 0 Å². The van der Waals surface area contributed by atoms with Crippen LogP contribution < -0.4 is 5.32 Å². The second-order valence-corrected chi connectivity index (χ2v) is 6.78. The Morgan fingerprint density at radius 3 is 2.70 bits per heavy atom. The molecular formula is C21H18ClFN4. The lowest BCUT2D eigenvalue weighted by Gasteiger charge is -2.08. The van der Waals surface area contributed by atoms with Crippen molar-refractivity contribution in [1.82, 2.24) is 15.0 Å². The summed E-state index contributed by atoms with van der Waals surface area (Å²) in [6, 6.07) is 15.1. The van der Waals surface area contributed by atoms with E-state index < -0.39 is 5.95 Å². The molecule has 0 aliphatic heterocycles. The summed E-state index contributed by atoms with van der Waals surface area (Å²) >= 11 is 5.88. The minimum atomic E-state index is -0.454. The zero-order valence-corrected chi connectivity index (χ0v) is 15.3. The number of hydrogen-bond acceptors (Lipinski definition) is 3. The number of nitrogens with zero attached hydrogens (tertiary/aromatic N) is 2. The minimum Gasteiger partial charge on any atom is -0.370 e. The minimum absolute atomic E-state index is 0.454. The van der Waals surface area contributed by atoms with Crippen LogP contribution in [-0.2, 0) is 12.8 Å². The van der Waals surface area contributed by atoms with Crippen molar-refractivity contribution in [1.29, 1.82) is 0 Å². The normalized spacial score (nSPS) is 11.0. The van der Waals surface area contributed by atoms with Gasteiger partial charge in [-0.05, 0) is 47.9 Å². The molecule has 136 valence electrons. The Morgan fingerprint density at radius 2 is 1.89 bits per heavy atom. The van der Waals surface area contributed by atoms with Gasteiger partial charge in [0.05, 0.1) is 0 Å². The Kier molecular flexibility index (Phi) is 5.03. The second kappa shape index (κ2) is 7.76. The number of anilines is 1. The molecule has 0 radical (unpaired) electrons. The third-order valence-corrected chi connectivity index (χ3v) is 4.73. The van der Waals surface area contributed by atoms with Gasteiger partial charge in [-0.3, -0.25) is 0 Å². The molecule has 0 atom stereocenters. The van der Waals surface area contributed by atoms with Gasteiger partial charge in [0.15, 0.2) is 0 Å². The zero-order valence-electron chi connectivity index (χ0n) is 14.5. The van der Waals surface area contributed by atoms with Gasteiger partial charge >= 0.3 is 0 Å². The zero-order chi connectivity index (χ0) is 18.6. The molecule has 0 fully saturated rings. The predicted molar refractivity (Wildman–Crippen MR) is 107 cm³/mol. The molecule has 0 aliphatic rings. The highest BCUT2D eigenvalue weighted by atomic mass is 35.5. The molecular weight excluding hydrogens is 363 g/mol. The van der Waals surface area contributed by atoms with E-state index in [4.69, 9.17) is 11.6 Å². The fraction of sp³-hybridized carbons (Fsp3) is 0.143. The van der Waals surface area contributed by atoms with Crippen LogP contribution >= 0.6 is 11.6 Å². The number of fused-ring (bicyclic) bond motifs is 1. The van der Waals surface area contributed by atoms with Crippen molar-refractivity contribution >= 4 is 28.5 Å². The summed E-state index contributed by atoms with van der Waals surface area (Å²) in [7, 11) is 0. The molecule has 6 heteroatoms. The van der Waals surface area contributed by atoms with E-state index in [-0.39, 0.29) is 0 Å². The van der Waals surface area contributed by atoms with Crippen molar-refractivity contribution in [2.24, 2.45) is 0 Å². The summed E-state index contributed by atoms with van der Waals surface area (Å²) in [5.41, 5.74) is 3.53. The fourth-order valence-electron chi connectivity index (χ4n) is 3.04. The Bertz CT molecular complexity index is 1060. The highest BCUT2D eigenvalue weighted by molar-refractivity contribution is 6.30. The van der Waals surface area contributed by atoms with E-state index in [0.29, 0.717) is 24.3 Å². The summed E-state index contributed by atoms with van der Waals surface area (Å²) in [6.07, 6.45) is 4.88. The van der Waals surface area contributed by atoms with Crippen LogP contribution in [0.15, 0.2) is 60.9 Å². The third-order valence-electron chi connectivity index (χ3n) is 4.48.